The van der Waals surface area contributed by atoms with Gasteiger partial charge in [0.2, 0.25) is 0 Å². The Morgan fingerprint density at radius 1 is 1.67 bits per heavy atom. The summed E-state index contributed by atoms with van der Waals surface area (Å²) in [6.07, 6.45) is 0.795. The fourth-order valence-electron chi connectivity index (χ4n) is 1.16. The number of carboxylic acid groups (broad SMARTS) is 1. The molecule has 1 aromatic heterocycles. The van der Waals surface area contributed by atoms with Gasteiger partial charge in [-0.2, -0.15) is 0 Å². The molecule has 0 aromatic carbocycles. The summed E-state index contributed by atoms with van der Waals surface area (Å²) in [5.74, 6) is 4.90. The van der Waals surface area contributed by atoms with Crippen molar-refractivity contribution in [1.29, 1.82) is 0 Å². The summed E-state index contributed by atoms with van der Waals surface area (Å²) in [5.41, 5.74) is 0.844. The predicted octanol–water partition coefficient (Wildman–Crippen LogP) is 1.95. The van der Waals surface area contributed by atoms with Gasteiger partial charge in [-0.25, -0.2) is 4.79 Å². The molecule has 0 aliphatic rings. The lowest BCUT2D eigenvalue weighted by Crippen LogP contribution is -2.15. The van der Waals surface area contributed by atoms with Crippen molar-refractivity contribution >= 4 is 17.3 Å². The van der Waals surface area contributed by atoms with Gasteiger partial charge in [0.25, 0.3) is 0 Å². The average Bonchev–Trinajstić information content (AvgIpc) is 2.66. The number of carbonyl (C=O) groups is 1. The van der Waals surface area contributed by atoms with E-state index in [9.17, 15) is 4.79 Å². The van der Waals surface area contributed by atoms with Crippen molar-refractivity contribution in [2.75, 3.05) is 6.54 Å². The van der Waals surface area contributed by atoms with Crippen molar-refractivity contribution in [3.05, 3.63) is 21.9 Å². The number of aromatic carboxylic acids is 1. The maximum atomic E-state index is 10.8. The van der Waals surface area contributed by atoms with Gasteiger partial charge in [-0.15, -0.1) is 23.2 Å². The van der Waals surface area contributed by atoms with Crippen LogP contribution in [0.15, 0.2) is 11.4 Å². The second-order valence-electron chi connectivity index (χ2n) is 2.93. The summed E-state index contributed by atoms with van der Waals surface area (Å²) in [6, 6.07) is 1.84. The second kappa shape index (κ2) is 6.23. The van der Waals surface area contributed by atoms with Crippen LogP contribution in [0.3, 0.4) is 0 Å². The van der Waals surface area contributed by atoms with Gasteiger partial charge in [0.05, 0.1) is 0 Å². The fraction of sp³-hybridized carbons (Fsp3) is 0.364. The quantitative estimate of drug-likeness (QED) is 0.592. The first kappa shape index (κ1) is 11.8. The third kappa shape index (κ3) is 3.74. The number of hydrogen-bond acceptors (Lipinski definition) is 3. The fourth-order valence-corrected chi connectivity index (χ4v) is 1.92. The monoisotopic (exact) mass is 223 g/mol. The zero-order valence-corrected chi connectivity index (χ0v) is 9.36. The van der Waals surface area contributed by atoms with Gasteiger partial charge in [-0.05, 0) is 23.9 Å². The maximum Gasteiger partial charge on any atom is 0.346 e. The molecule has 0 aliphatic carbocycles. The molecule has 0 spiro atoms. The molecule has 0 bridgehead atoms. The third-order valence-corrected chi connectivity index (χ3v) is 2.80. The molecule has 2 N–H and O–H groups in total. The van der Waals surface area contributed by atoms with Crippen molar-refractivity contribution < 1.29 is 9.90 Å². The van der Waals surface area contributed by atoms with Gasteiger partial charge in [-0.3, -0.25) is 0 Å². The summed E-state index contributed by atoms with van der Waals surface area (Å²) < 4.78 is 0. The Labute approximate surface area is 93.1 Å². The summed E-state index contributed by atoms with van der Waals surface area (Å²) in [6.45, 7) is 3.19. The molecule has 0 aliphatic heterocycles. The van der Waals surface area contributed by atoms with Crippen molar-refractivity contribution in [1.82, 2.24) is 5.32 Å². The van der Waals surface area contributed by atoms with Crippen molar-refractivity contribution in [2.45, 2.75) is 19.9 Å². The molecule has 1 heterocycles. The van der Waals surface area contributed by atoms with Crippen LogP contribution in [0.4, 0.5) is 0 Å². The van der Waals surface area contributed by atoms with E-state index in [0.29, 0.717) is 11.4 Å². The predicted molar refractivity (Wildman–Crippen MR) is 61.1 cm³/mol. The van der Waals surface area contributed by atoms with Crippen LogP contribution < -0.4 is 5.32 Å². The van der Waals surface area contributed by atoms with Crippen LogP contribution in [0.25, 0.3) is 0 Å². The van der Waals surface area contributed by atoms with Crippen LogP contribution in [0.5, 0.6) is 0 Å². The molecule has 4 heteroatoms. The maximum absolute atomic E-state index is 10.8. The zero-order chi connectivity index (χ0) is 11.1. The first-order valence-electron chi connectivity index (χ1n) is 4.65. The van der Waals surface area contributed by atoms with E-state index in [1.54, 1.807) is 12.3 Å². The molecule has 3 nitrogen and oxygen atoms in total. The molecule has 1 aromatic rings. The van der Waals surface area contributed by atoms with E-state index in [2.05, 4.69) is 17.2 Å². The molecule has 0 radical (unpaired) electrons. The normalized spacial score (nSPS) is 9.40. The van der Waals surface area contributed by atoms with Crippen molar-refractivity contribution in [3.63, 3.8) is 0 Å². The minimum absolute atomic E-state index is 0.420. The molecule has 0 atom stereocenters. The van der Waals surface area contributed by atoms with E-state index in [0.717, 1.165) is 18.5 Å². The summed E-state index contributed by atoms with van der Waals surface area (Å²) in [4.78, 5) is 11.2. The van der Waals surface area contributed by atoms with Gasteiger partial charge in [-0.1, -0.05) is 0 Å². The highest BCUT2D eigenvalue weighted by molar-refractivity contribution is 7.12. The molecular weight excluding hydrogens is 210 g/mol. The van der Waals surface area contributed by atoms with Gasteiger partial charge in [0.1, 0.15) is 4.88 Å². The Kier molecular flexibility index (Phi) is 4.88. The molecule has 0 amide bonds. The highest BCUT2D eigenvalue weighted by Gasteiger charge is 2.10. The van der Waals surface area contributed by atoms with Crippen LogP contribution in [0.2, 0.25) is 0 Å². The highest BCUT2D eigenvalue weighted by atomic mass is 32.1. The first-order chi connectivity index (χ1) is 7.25. The molecule has 0 saturated heterocycles. The largest absolute Gasteiger partial charge is 0.477 e. The third-order valence-electron chi connectivity index (χ3n) is 1.86. The van der Waals surface area contributed by atoms with Crippen LogP contribution in [-0.2, 0) is 6.54 Å². The van der Waals surface area contributed by atoms with Gasteiger partial charge < -0.3 is 10.4 Å². The molecule has 0 fully saturated rings. The van der Waals surface area contributed by atoms with Crippen molar-refractivity contribution in [3.8, 4) is 11.8 Å². The molecule has 80 valence electrons. The van der Waals surface area contributed by atoms with E-state index in [1.165, 1.54) is 11.3 Å². The Balaban J connectivity index is 2.39. The SMILES string of the molecule is CC#CCCNCc1ccsc1C(=O)O. The van der Waals surface area contributed by atoms with E-state index in [-0.39, 0.29) is 0 Å². The number of nitrogens with one attached hydrogen (secondary N) is 1. The summed E-state index contributed by atoms with van der Waals surface area (Å²) >= 11 is 1.26. The van der Waals surface area contributed by atoms with Gasteiger partial charge >= 0.3 is 5.97 Å². The molecule has 15 heavy (non-hydrogen) atoms. The summed E-state index contributed by atoms with van der Waals surface area (Å²) in [5, 5.41) is 13.8. The standard InChI is InChI=1S/C11H13NO2S/c1-2-3-4-6-12-8-9-5-7-15-10(9)11(13)14/h5,7,12H,4,6,8H2,1H3,(H,13,14). The van der Waals surface area contributed by atoms with E-state index in [4.69, 9.17) is 5.11 Å². The van der Waals surface area contributed by atoms with Crippen LogP contribution in [0, 0.1) is 11.8 Å². The lowest BCUT2D eigenvalue weighted by atomic mass is 10.2. The van der Waals surface area contributed by atoms with E-state index in [1.807, 2.05) is 6.07 Å². The minimum Gasteiger partial charge on any atom is -0.477 e. The number of rotatable bonds is 5. The highest BCUT2D eigenvalue weighted by Crippen LogP contribution is 2.16. The smallest absolute Gasteiger partial charge is 0.346 e. The van der Waals surface area contributed by atoms with Crippen LogP contribution >= 0.6 is 11.3 Å². The first-order valence-corrected chi connectivity index (χ1v) is 5.53. The Morgan fingerprint density at radius 2 is 2.47 bits per heavy atom. The topological polar surface area (TPSA) is 49.3 Å². The minimum atomic E-state index is -0.852. The molecule has 0 saturated carbocycles. The number of thiophene rings is 1. The van der Waals surface area contributed by atoms with E-state index >= 15 is 0 Å². The molecule has 0 unspecified atom stereocenters. The Bertz CT molecular complexity index is 387. The van der Waals surface area contributed by atoms with E-state index < -0.39 is 5.97 Å². The number of hydrogen-bond donors (Lipinski definition) is 2. The molecular formula is C11H13NO2S. The van der Waals surface area contributed by atoms with Crippen LogP contribution in [0.1, 0.15) is 28.6 Å². The number of carboxylic acids is 1. The lowest BCUT2D eigenvalue weighted by molar-refractivity contribution is 0.0701. The van der Waals surface area contributed by atoms with Crippen LogP contribution in [-0.4, -0.2) is 17.6 Å². The average molecular weight is 223 g/mol. The van der Waals surface area contributed by atoms with Gasteiger partial charge in [0.15, 0.2) is 0 Å². The van der Waals surface area contributed by atoms with Gasteiger partial charge in [0, 0.05) is 19.5 Å². The second-order valence-corrected chi connectivity index (χ2v) is 3.85. The zero-order valence-electron chi connectivity index (χ0n) is 8.54. The molecule has 1 rings (SSSR count). The lowest BCUT2D eigenvalue weighted by Gasteiger charge is -2.01. The van der Waals surface area contributed by atoms with Crippen molar-refractivity contribution in [2.24, 2.45) is 0 Å². The Morgan fingerprint density at radius 3 is 3.13 bits per heavy atom. The summed E-state index contributed by atoms with van der Waals surface area (Å²) in [7, 11) is 0. The Hall–Kier alpha value is -1.31.